The van der Waals surface area contributed by atoms with Crippen LogP contribution in [0.2, 0.25) is 0 Å². The lowest BCUT2D eigenvalue weighted by atomic mass is 9.97. The van der Waals surface area contributed by atoms with Crippen molar-refractivity contribution >= 4 is 11.5 Å². The molecule has 0 spiro atoms. The van der Waals surface area contributed by atoms with Crippen molar-refractivity contribution in [3.8, 4) is 0 Å². The summed E-state index contributed by atoms with van der Waals surface area (Å²) in [5.74, 6) is -0.371. The lowest BCUT2D eigenvalue weighted by Gasteiger charge is -2.38. The van der Waals surface area contributed by atoms with E-state index in [1.165, 1.54) is 6.07 Å². The van der Waals surface area contributed by atoms with Crippen molar-refractivity contribution in [3.63, 3.8) is 0 Å². The minimum Gasteiger partial charge on any atom is -0.384 e. The molecule has 0 aliphatic carbocycles. The lowest BCUT2D eigenvalue weighted by molar-refractivity contribution is -0.137. The molecule has 1 aromatic rings. The molecule has 0 radical (unpaired) electrons. The first-order chi connectivity index (χ1) is 9.00. The molecule has 112 valence electrons. The summed E-state index contributed by atoms with van der Waals surface area (Å²) in [5, 5.41) is 7.52. The zero-order chi connectivity index (χ0) is 15.7. The smallest absolute Gasteiger partial charge is 0.384 e. The highest BCUT2D eigenvalue weighted by atomic mass is 19.4. The maximum Gasteiger partial charge on any atom is 0.416 e. The fourth-order valence-corrected chi connectivity index (χ4v) is 1.78. The minimum absolute atomic E-state index is 0.101. The van der Waals surface area contributed by atoms with E-state index in [0.717, 1.165) is 18.6 Å². The predicted molar refractivity (Wildman–Crippen MR) is 75.2 cm³/mol. The van der Waals surface area contributed by atoms with Crippen molar-refractivity contribution in [1.29, 1.82) is 5.41 Å². The third kappa shape index (κ3) is 3.23. The SMILES string of the molecule is CCC(C)(C)N(C)c1ccc(C(F)(F)F)cc1C(=N)N. The highest BCUT2D eigenvalue weighted by Gasteiger charge is 2.32. The average molecular weight is 287 g/mol. The number of hydrogen-bond acceptors (Lipinski definition) is 2. The Morgan fingerprint density at radius 2 is 1.85 bits per heavy atom. The fourth-order valence-electron chi connectivity index (χ4n) is 1.78. The minimum atomic E-state index is -4.44. The maximum atomic E-state index is 12.7. The third-order valence-electron chi connectivity index (χ3n) is 3.75. The van der Waals surface area contributed by atoms with Crippen molar-refractivity contribution in [3.05, 3.63) is 29.3 Å². The Bertz CT molecular complexity index is 507. The molecule has 3 nitrogen and oxygen atoms in total. The number of rotatable bonds is 4. The van der Waals surface area contributed by atoms with E-state index in [4.69, 9.17) is 11.1 Å². The summed E-state index contributed by atoms with van der Waals surface area (Å²) in [6.45, 7) is 5.96. The van der Waals surface area contributed by atoms with Gasteiger partial charge in [-0.15, -0.1) is 0 Å². The van der Waals surface area contributed by atoms with E-state index < -0.39 is 11.7 Å². The molecule has 6 heteroatoms. The summed E-state index contributed by atoms with van der Waals surface area (Å²) in [7, 11) is 1.79. The van der Waals surface area contributed by atoms with Crippen LogP contribution in [-0.4, -0.2) is 18.4 Å². The highest BCUT2D eigenvalue weighted by molar-refractivity contribution is 6.00. The summed E-state index contributed by atoms with van der Waals surface area (Å²) >= 11 is 0. The van der Waals surface area contributed by atoms with Gasteiger partial charge in [-0.1, -0.05) is 6.92 Å². The molecule has 0 amide bonds. The number of amidine groups is 1. The molecule has 3 N–H and O–H groups in total. The van der Waals surface area contributed by atoms with Gasteiger partial charge in [0.25, 0.3) is 0 Å². The summed E-state index contributed by atoms with van der Waals surface area (Å²) in [6, 6.07) is 3.32. The van der Waals surface area contributed by atoms with Crippen LogP contribution in [0, 0.1) is 5.41 Å². The van der Waals surface area contributed by atoms with Gasteiger partial charge in [0.15, 0.2) is 0 Å². The second kappa shape index (κ2) is 5.34. The third-order valence-corrected chi connectivity index (χ3v) is 3.75. The van der Waals surface area contributed by atoms with E-state index >= 15 is 0 Å². The molecule has 0 atom stereocenters. The van der Waals surface area contributed by atoms with Crippen LogP contribution in [-0.2, 0) is 6.18 Å². The van der Waals surface area contributed by atoms with Crippen molar-refractivity contribution in [2.75, 3.05) is 11.9 Å². The molecule has 0 aromatic heterocycles. The van der Waals surface area contributed by atoms with Crippen LogP contribution >= 0.6 is 0 Å². The number of benzene rings is 1. The number of nitrogen functional groups attached to an aromatic ring is 1. The van der Waals surface area contributed by atoms with Crippen LogP contribution < -0.4 is 10.6 Å². The second-order valence-electron chi connectivity index (χ2n) is 5.37. The Labute approximate surface area is 117 Å². The van der Waals surface area contributed by atoms with Crippen LogP contribution in [0.25, 0.3) is 0 Å². The Morgan fingerprint density at radius 1 is 1.30 bits per heavy atom. The molecule has 20 heavy (non-hydrogen) atoms. The van der Waals surface area contributed by atoms with Crippen LogP contribution in [0.4, 0.5) is 18.9 Å². The molecule has 0 saturated heterocycles. The number of halogens is 3. The quantitative estimate of drug-likeness (QED) is 0.656. The maximum absolute atomic E-state index is 12.7. The van der Waals surface area contributed by atoms with Gasteiger partial charge < -0.3 is 10.6 Å². The Hall–Kier alpha value is -1.72. The molecule has 0 bridgehead atoms. The molecule has 0 aliphatic heterocycles. The van der Waals surface area contributed by atoms with E-state index in [2.05, 4.69) is 0 Å². The standard InChI is InChI=1S/C14H20F3N3/c1-5-13(2,3)20(4)11-7-6-9(14(15,16)17)8-10(11)12(18)19/h6-8H,5H2,1-4H3,(H3,18,19). The van der Waals surface area contributed by atoms with Gasteiger partial charge in [-0.3, -0.25) is 5.41 Å². The Kier molecular flexibility index (Phi) is 4.36. The van der Waals surface area contributed by atoms with E-state index in [9.17, 15) is 13.2 Å². The average Bonchev–Trinajstić information content (AvgIpc) is 2.35. The summed E-state index contributed by atoms with van der Waals surface area (Å²) in [5.41, 5.74) is 5.02. The first-order valence-corrected chi connectivity index (χ1v) is 6.30. The zero-order valence-corrected chi connectivity index (χ0v) is 12.1. The topological polar surface area (TPSA) is 53.1 Å². The van der Waals surface area contributed by atoms with Crippen molar-refractivity contribution < 1.29 is 13.2 Å². The highest BCUT2D eigenvalue weighted by Crippen LogP contribution is 2.34. The second-order valence-corrected chi connectivity index (χ2v) is 5.37. The fraction of sp³-hybridized carbons (Fsp3) is 0.500. The van der Waals surface area contributed by atoms with E-state index in [-0.39, 0.29) is 16.9 Å². The number of alkyl halides is 3. The van der Waals surface area contributed by atoms with Crippen LogP contribution in [0.15, 0.2) is 18.2 Å². The number of hydrogen-bond donors (Lipinski definition) is 2. The number of nitrogens with one attached hydrogen (secondary N) is 1. The molecular weight excluding hydrogens is 267 g/mol. The van der Waals surface area contributed by atoms with Gasteiger partial charge >= 0.3 is 6.18 Å². The molecular formula is C14H20F3N3. The van der Waals surface area contributed by atoms with Crippen LogP contribution in [0.1, 0.15) is 38.3 Å². The van der Waals surface area contributed by atoms with Crippen molar-refractivity contribution in [2.45, 2.75) is 38.9 Å². The molecule has 0 saturated carbocycles. The van der Waals surface area contributed by atoms with Crippen LogP contribution in [0.3, 0.4) is 0 Å². The number of nitrogens with zero attached hydrogens (tertiary/aromatic N) is 1. The molecule has 0 unspecified atom stereocenters. The van der Waals surface area contributed by atoms with Gasteiger partial charge in [-0.05, 0) is 38.5 Å². The largest absolute Gasteiger partial charge is 0.416 e. The number of nitrogens with two attached hydrogens (primary N) is 1. The monoisotopic (exact) mass is 287 g/mol. The first-order valence-electron chi connectivity index (χ1n) is 6.30. The molecule has 1 rings (SSSR count). The molecule has 0 heterocycles. The van der Waals surface area contributed by atoms with Gasteiger partial charge in [-0.2, -0.15) is 13.2 Å². The summed E-state index contributed by atoms with van der Waals surface area (Å²) < 4.78 is 38.2. The molecule has 0 fully saturated rings. The normalized spacial score (nSPS) is 12.3. The molecule has 0 aliphatic rings. The van der Waals surface area contributed by atoms with Crippen LogP contribution in [0.5, 0.6) is 0 Å². The van der Waals surface area contributed by atoms with Gasteiger partial charge in [0.2, 0.25) is 0 Å². The van der Waals surface area contributed by atoms with E-state index in [1.54, 1.807) is 7.05 Å². The van der Waals surface area contributed by atoms with Gasteiger partial charge in [0, 0.05) is 23.8 Å². The van der Waals surface area contributed by atoms with E-state index in [0.29, 0.717) is 5.69 Å². The predicted octanol–water partition coefficient (Wildman–Crippen LogP) is 3.61. The number of anilines is 1. The van der Waals surface area contributed by atoms with E-state index in [1.807, 2.05) is 25.7 Å². The van der Waals surface area contributed by atoms with Gasteiger partial charge in [0.05, 0.1) is 5.56 Å². The molecule has 1 aromatic carbocycles. The lowest BCUT2D eigenvalue weighted by Crippen LogP contribution is -2.41. The first kappa shape index (κ1) is 16.3. The zero-order valence-electron chi connectivity index (χ0n) is 12.1. The Balaban J connectivity index is 3.39. The van der Waals surface area contributed by atoms with Crippen molar-refractivity contribution in [1.82, 2.24) is 0 Å². The van der Waals surface area contributed by atoms with Gasteiger partial charge in [-0.25, -0.2) is 0 Å². The van der Waals surface area contributed by atoms with Crippen molar-refractivity contribution in [2.24, 2.45) is 5.73 Å². The Morgan fingerprint density at radius 3 is 2.25 bits per heavy atom. The summed E-state index contributed by atoms with van der Waals surface area (Å²) in [6.07, 6.45) is -3.64. The summed E-state index contributed by atoms with van der Waals surface area (Å²) in [4.78, 5) is 1.85. The van der Waals surface area contributed by atoms with Gasteiger partial charge in [0.1, 0.15) is 5.84 Å².